The van der Waals surface area contributed by atoms with Crippen molar-refractivity contribution in [1.82, 2.24) is 10.2 Å². The van der Waals surface area contributed by atoms with Crippen molar-refractivity contribution in [3.8, 4) is 5.75 Å². The summed E-state index contributed by atoms with van der Waals surface area (Å²) < 4.78 is 10.8. The van der Waals surface area contributed by atoms with Gasteiger partial charge in [-0.3, -0.25) is 4.79 Å². The van der Waals surface area contributed by atoms with Crippen LogP contribution in [0, 0.1) is 0 Å². The summed E-state index contributed by atoms with van der Waals surface area (Å²) in [6, 6.07) is 11.6. The smallest absolute Gasteiger partial charge is 0.289 e. The SMILES string of the molecule is O=C(c1ccco1)N1CCC(NCc2ccccc2OCCO)CC1. The molecule has 1 amide bonds. The van der Waals surface area contributed by atoms with E-state index in [0.717, 1.165) is 37.2 Å². The molecule has 0 spiro atoms. The second kappa shape index (κ2) is 8.69. The number of para-hydroxylation sites is 1. The van der Waals surface area contributed by atoms with Gasteiger partial charge in [0.25, 0.3) is 5.91 Å². The van der Waals surface area contributed by atoms with Gasteiger partial charge in [-0.25, -0.2) is 0 Å². The van der Waals surface area contributed by atoms with Gasteiger partial charge in [-0.05, 0) is 31.0 Å². The van der Waals surface area contributed by atoms with E-state index < -0.39 is 0 Å². The molecule has 0 atom stereocenters. The fourth-order valence-electron chi connectivity index (χ4n) is 3.04. The quantitative estimate of drug-likeness (QED) is 0.804. The number of nitrogens with zero attached hydrogens (tertiary/aromatic N) is 1. The van der Waals surface area contributed by atoms with Crippen molar-refractivity contribution in [1.29, 1.82) is 0 Å². The molecule has 1 aromatic carbocycles. The number of carbonyl (C=O) groups excluding carboxylic acids is 1. The summed E-state index contributed by atoms with van der Waals surface area (Å²) in [5, 5.41) is 12.5. The molecule has 0 unspecified atom stereocenters. The molecule has 0 bridgehead atoms. The fraction of sp³-hybridized carbons (Fsp3) is 0.421. The van der Waals surface area contributed by atoms with Crippen molar-refractivity contribution in [3.63, 3.8) is 0 Å². The Hall–Kier alpha value is -2.31. The maximum Gasteiger partial charge on any atom is 0.289 e. The van der Waals surface area contributed by atoms with E-state index in [9.17, 15) is 4.79 Å². The Morgan fingerprint density at radius 3 is 2.76 bits per heavy atom. The first kappa shape index (κ1) is 17.5. The molecule has 6 nitrogen and oxygen atoms in total. The van der Waals surface area contributed by atoms with Crippen LogP contribution < -0.4 is 10.1 Å². The molecule has 0 radical (unpaired) electrons. The highest BCUT2D eigenvalue weighted by Gasteiger charge is 2.24. The Morgan fingerprint density at radius 1 is 1.24 bits per heavy atom. The normalized spacial score (nSPS) is 15.3. The van der Waals surface area contributed by atoms with Crippen molar-refractivity contribution < 1.29 is 19.1 Å². The molecule has 2 aromatic rings. The van der Waals surface area contributed by atoms with Crippen LogP contribution in [0.3, 0.4) is 0 Å². The number of nitrogens with one attached hydrogen (secondary N) is 1. The first-order chi connectivity index (χ1) is 12.3. The molecule has 0 aliphatic carbocycles. The van der Waals surface area contributed by atoms with E-state index in [-0.39, 0.29) is 12.5 Å². The van der Waals surface area contributed by atoms with Gasteiger partial charge in [0.05, 0.1) is 12.9 Å². The molecule has 2 heterocycles. The third kappa shape index (κ3) is 4.61. The van der Waals surface area contributed by atoms with Crippen LogP contribution in [0.2, 0.25) is 0 Å². The molecule has 1 aliphatic rings. The van der Waals surface area contributed by atoms with Crippen LogP contribution in [-0.2, 0) is 6.54 Å². The Balaban J connectivity index is 1.47. The topological polar surface area (TPSA) is 74.9 Å². The highest BCUT2D eigenvalue weighted by atomic mass is 16.5. The number of hydrogen-bond donors (Lipinski definition) is 2. The number of amides is 1. The molecule has 0 saturated carbocycles. The van der Waals surface area contributed by atoms with E-state index in [2.05, 4.69) is 5.32 Å². The number of likely N-dealkylation sites (tertiary alicyclic amines) is 1. The predicted molar refractivity (Wildman–Crippen MR) is 93.5 cm³/mol. The Labute approximate surface area is 147 Å². The van der Waals surface area contributed by atoms with Gasteiger partial charge in [0.2, 0.25) is 0 Å². The van der Waals surface area contributed by atoms with E-state index in [1.54, 1.807) is 12.1 Å². The second-order valence-electron chi connectivity index (χ2n) is 6.10. The van der Waals surface area contributed by atoms with Gasteiger partial charge in [0.1, 0.15) is 12.4 Å². The van der Waals surface area contributed by atoms with Gasteiger partial charge < -0.3 is 24.5 Å². The number of aliphatic hydroxyl groups is 1. The van der Waals surface area contributed by atoms with E-state index in [1.165, 1.54) is 6.26 Å². The first-order valence-corrected chi connectivity index (χ1v) is 8.65. The zero-order valence-electron chi connectivity index (χ0n) is 14.2. The lowest BCUT2D eigenvalue weighted by atomic mass is 10.0. The fourth-order valence-corrected chi connectivity index (χ4v) is 3.04. The predicted octanol–water partition coefficient (Wildman–Crippen LogP) is 2.05. The van der Waals surface area contributed by atoms with Gasteiger partial charge >= 0.3 is 0 Å². The van der Waals surface area contributed by atoms with E-state index in [0.29, 0.717) is 25.0 Å². The number of rotatable bonds is 7. The summed E-state index contributed by atoms with van der Waals surface area (Å²) in [6.45, 7) is 2.45. The lowest BCUT2D eigenvalue weighted by Crippen LogP contribution is -2.44. The zero-order valence-corrected chi connectivity index (χ0v) is 14.2. The average molecular weight is 344 g/mol. The first-order valence-electron chi connectivity index (χ1n) is 8.65. The monoisotopic (exact) mass is 344 g/mol. The summed E-state index contributed by atoms with van der Waals surface area (Å²) in [7, 11) is 0. The molecular formula is C19H24N2O4. The number of furan rings is 1. The van der Waals surface area contributed by atoms with Crippen molar-refractivity contribution >= 4 is 5.91 Å². The van der Waals surface area contributed by atoms with Gasteiger partial charge in [0.15, 0.2) is 5.76 Å². The van der Waals surface area contributed by atoms with Crippen LogP contribution >= 0.6 is 0 Å². The molecule has 1 fully saturated rings. The molecule has 3 rings (SSSR count). The minimum Gasteiger partial charge on any atom is -0.491 e. The van der Waals surface area contributed by atoms with E-state index >= 15 is 0 Å². The molecule has 2 N–H and O–H groups in total. The lowest BCUT2D eigenvalue weighted by molar-refractivity contribution is 0.0672. The molecule has 1 aliphatic heterocycles. The average Bonchev–Trinajstić information content (AvgIpc) is 3.20. The molecule has 1 aromatic heterocycles. The van der Waals surface area contributed by atoms with E-state index in [1.807, 2.05) is 29.2 Å². The Kier molecular flexibility index (Phi) is 6.09. The number of piperidine rings is 1. The summed E-state index contributed by atoms with van der Waals surface area (Å²) in [5.74, 6) is 1.17. The Bertz CT molecular complexity index is 664. The number of ether oxygens (including phenoxy) is 1. The van der Waals surface area contributed by atoms with Gasteiger partial charge in [0, 0.05) is 31.2 Å². The van der Waals surface area contributed by atoms with Crippen molar-refractivity contribution in [2.24, 2.45) is 0 Å². The maximum atomic E-state index is 12.3. The third-order valence-electron chi connectivity index (χ3n) is 4.42. The second-order valence-corrected chi connectivity index (χ2v) is 6.10. The maximum absolute atomic E-state index is 12.3. The minimum absolute atomic E-state index is 0.00389. The number of benzene rings is 1. The molecule has 6 heteroatoms. The highest BCUT2D eigenvalue weighted by molar-refractivity contribution is 5.91. The van der Waals surface area contributed by atoms with Crippen molar-refractivity contribution in [2.75, 3.05) is 26.3 Å². The largest absolute Gasteiger partial charge is 0.491 e. The van der Waals surface area contributed by atoms with Crippen LogP contribution in [0.25, 0.3) is 0 Å². The summed E-state index contributed by atoms with van der Waals surface area (Å²) in [5.41, 5.74) is 1.07. The van der Waals surface area contributed by atoms with Crippen molar-refractivity contribution in [2.45, 2.75) is 25.4 Å². The van der Waals surface area contributed by atoms with Crippen molar-refractivity contribution in [3.05, 3.63) is 54.0 Å². The van der Waals surface area contributed by atoms with Gasteiger partial charge in [-0.2, -0.15) is 0 Å². The van der Waals surface area contributed by atoms with Gasteiger partial charge in [-0.1, -0.05) is 18.2 Å². The molecule has 25 heavy (non-hydrogen) atoms. The highest BCUT2D eigenvalue weighted by Crippen LogP contribution is 2.19. The van der Waals surface area contributed by atoms with Crippen LogP contribution in [0.5, 0.6) is 5.75 Å². The van der Waals surface area contributed by atoms with Gasteiger partial charge in [-0.15, -0.1) is 0 Å². The minimum atomic E-state index is -0.0359. The summed E-state index contributed by atoms with van der Waals surface area (Å²) in [6.07, 6.45) is 3.34. The van der Waals surface area contributed by atoms with E-state index in [4.69, 9.17) is 14.3 Å². The zero-order chi connectivity index (χ0) is 17.5. The summed E-state index contributed by atoms with van der Waals surface area (Å²) >= 11 is 0. The van der Waals surface area contributed by atoms with Crippen LogP contribution in [-0.4, -0.2) is 48.3 Å². The number of aliphatic hydroxyl groups excluding tert-OH is 1. The Morgan fingerprint density at radius 2 is 2.04 bits per heavy atom. The third-order valence-corrected chi connectivity index (χ3v) is 4.42. The van der Waals surface area contributed by atoms with Crippen LogP contribution in [0.4, 0.5) is 0 Å². The number of hydrogen-bond acceptors (Lipinski definition) is 5. The molecule has 1 saturated heterocycles. The van der Waals surface area contributed by atoms with Crippen LogP contribution in [0.15, 0.2) is 47.1 Å². The van der Waals surface area contributed by atoms with Crippen LogP contribution in [0.1, 0.15) is 29.0 Å². The molecular weight excluding hydrogens is 320 g/mol. The number of carbonyl (C=O) groups is 1. The molecule has 134 valence electrons. The summed E-state index contributed by atoms with van der Waals surface area (Å²) in [4.78, 5) is 14.1. The standard InChI is InChI=1S/C19H24N2O4/c22-11-13-25-17-5-2-1-4-15(17)14-20-16-7-9-21(10-8-16)19(23)18-6-3-12-24-18/h1-6,12,16,20,22H,7-11,13-14H2. The lowest BCUT2D eigenvalue weighted by Gasteiger charge is -2.32.